The Morgan fingerprint density at radius 3 is 2.67 bits per heavy atom. The molecule has 8 nitrogen and oxygen atoms in total. The Hall–Kier alpha value is -1.45. The van der Waals surface area contributed by atoms with E-state index in [0.29, 0.717) is 6.42 Å². The number of nitrogens with zero attached hydrogens (tertiary/aromatic N) is 3. The predicted molar refractivity (Wildman–Crippen MR) is 92.0 cm³/mol. The van der Waals surface area contributed by atoms with Crippen molar-refractivity contribution in [3.8, 4) is 0 Å². The van der Waals surface area contributed by atoms with Crippen molar-refractivity contribution < 1.29 is 18.3 Å². The fourth-order valence-corrected chi connectivity index (χ4v) is 3.61. The molecule has 0 radical (unpaired) electrons. The number of sulfonamides is 1. The highest BCUT2D eigenvalue weighted by Gasteiger charge is 2.18. The first-order chi connectivity index (χ1) is 11.5. The number of nitrogens with one attached hydrogen (secondary N) is 1. The average molecular weight is 360 g/mol. The van der Waals surface area contributed by atoms with Gasteiger partial charge in [0.05, 0.1) is 30.2 Å². The predicted octanol–water partition coefficient (Wildman–Crippen LogP) is 1.03. The van der Waals surface area contributed by atoms with Crippen LogP contribution in [-0.4, -0.2) is 53.5 Å². The Labute approximate surface area is 143 Å². The van der Waals surface area contributed by atoms with Gasteiger partial charge in [0, 0.05) is 13.1 Å². The Balaban J connectivity index is 0.000000891. The summed E-state index contributed by atoms with van der Waals surface area (Å²) in [4.78, 5) is 10.8. The highest BCUT2D eigenvalue weighted by Crippen LogP contribution is 2.14. The Kier molecular flexibility index (Phi) is 8.94. The molecule has 9 heteroatoms. The maximum atomic E-state index is 11.7. The molecule has 0 fully saturated rings. The molecule has 0 saturated heterocycles. The molecule has 0 aromatic carbocycles. The molecule has 24 heavy (non-hydrogen) atoms. The summed E-state index contributed by atoms with van der Waals surface area (Å²) in [5.41, 5.74) is 1.99. The van der Waals surface area contributed by atoms with Gasteiger partial charge >= 0.3 is 0 Å². The van der Waals surface area contributed by atoms with Gasteiger partial charge in [-0.05, 0) is 25.5 Å². The van der Waals surface area contributed by atoms with E-state index < -0.39 is 10.0 Å². The van der Waals surface area contributed by atoms with Crippen LogP contribution in [0.4, 0.5) is 0 Å². The fraction of sp³-hybridized carbons (Fsp3) is 0.733. The minimum absolute atomic E-state index is 0.172. The van der Waals surface area contributed by atoms with Crippen LogP contribution in [0.2, 0.25) is 0 Å². The quantitative estimate of drug-likeness (QED) is 0.671. The first-order valence-electron chi connectivity index (χ1n) is 8.28. The zero-order chi connectivity index (χ0) is 18.0. The summed E-state index contributed by atoms with van der Waals surface area (Å²) in [6.45, 7) is 8.05. The zero-order valence-electron chi connectivity index (χ0n) is 14.4. The zero-order valence-corrected chi connectivity index (χ0v) is 15.3. The smallest absolute Gasteiger partial charge is 0.290 e. The van der Waals surface area contributed by atoms with Crippen molar-refractivity contribution in [2.24, 2.45) is 0 Å². The molecule has 0 bridgehead atoms. The minimum Gasteiger partial charge on any atom is -0.483 e. The van der Waals surface area contributed by atoms with Crippen LogP contribution in [0.1, 0.15) is 44.5 Å². The lowest BCUT2D eigenvalue weighted by atomic mass is 10.2. The molecule has 0 unspecified atom stereocenters. The molecule has 2 rings (SSSR count). The maximum absolute atomic E-state index is 11.7. The van der Waals surface area contributed by atoms with E-state index in [-0.39, 0.29) is 18.8 Å². The Morgan fingerprint density at radius 2 is 2.04 bits per heavy atom. The first kappa shape index (κ1) is 20.6. The van der Waals surface area contributed by atoms with E-state index >= 15 is 0 Å². The Morgan fingerprint density at radius 1 is 1.33 bits per heavy atom. The second-order valence-electron chi connectivity index (χ2n) is 5.73. The van der Waals surface area contributed by atoms with Crippen LogP contribution in [0.15, 0.2) is 6.07 Å². The van der Waals surface area contributed by atoms with Gasteiger partial charge in [0.25, 0.3) is 6.47 Å². The van der Waals surface area contributed by atoms with E-state index in [0.717, 1.165) is 31.9 Å². The molecule has 1 aromatic heterocycles. The van der Waals surface area contributed by atoms with Crippen LogP contribution >= 0.6 is 0 Å². The van der Waals surface area contributed by atoms with Crippen molar-refractivity contribution in [1.82, 2.24) is 19.4 Å². The molecule has 138 valence electrons. The van der Waals surface area contributed by atoms with Crippen molar-refractivity contribution in [1.29, 1.82) is 0 Å². The summed E-state index contributed by atoms with van der Waals surface area (Å²) in [6.07, 6.45) is 3.06. The van der Waals surface area contributed by atoms with Gasteiger partial charge < -0.3 is 5.11 Å². The third kappa shape index (κ3) is 6.98. The van der Waals surface area contributed by atoms with Gasteiger partial charge in [0.1, 0.15) is 0 Å². The second-order valence-corrected chi connectivity index (χ2v) is 7.65. The third-order valence-corrected chi connectivity index (χ3v) is 5.23. The molecule has 2 N–H and O–H groups in total. The van der Waals surface area contributed by atoms with E-state index in [1.54, 1.807) is 0 Å². The van der Waals surface area contributed by atoms with Crippen molar-refractivity contribution >= 4 is 16.5 Å². The van der Waals surface area contributed by atoms with Crippen LogP contribution in [0.3, 0.4) is 0 Å². The van der Waals surface area contributed by atoms with Gasteiger partial charge in [-0.3, -0.25) is 14.4 Å². The number of unbranched alkanes of at least 4 members (excludes halogenated alkanes) is 1. The summed E-state index contributed by atoms with van der Waals surface area (Å²) in [6, 6.07) is 2.02. The minimum atomic E-state index is -3.16. The largest absolute Gasteiger partial charge is 0.483 e. The average Bonchev–Trinajstić information content (AvgIpc) is 2.94. The van der Waals surface area contributed by atoms with Crippen molar-refractivity contribution in [3.63, 3.8) is 0 Å². The topological polar surface area (TPSA) is 105 Å². The first-order valence-corrected chi connectivity index (χ1v) is 9.94. The van der Waals surface area contributed by atoms with Crippen LogP contribution in [-0.2, 0) is 34.5 Å². The van der Waals surface area contributed by atoms with Gasteiger partial charge in [-0.25, -0.2) is 13.1 Å². The van der Waals surface area contributed by atoms with Crippen LogP contribution in [0.5, 0.6) is 0 Å². The molecule has 0 amide bonds. The van der Waals surface area contributed by atoms with Gasteiger partial charge in [-0.2, -0.15) is 5.10 Å². The number of hydrogen-bond donors (Lipinski definition) is 2. The van der Waals surface area contributed by atoms with Crippen LogP contribution in [0.25, 0.3) is 0 Å². The normalized spacial score (nSPS) is 14.6. The molecule has 0 saturated carbocycles. The molecule has 1 aliphatic heterocycles. The summed E-state index contributed by atoms with van der Waals surface area (Å²) in [7, 11) is -3.16. The number of fused-ring (bicyclic) bond motifs is 1. The van der Waals surface area contributed by atoms with E-state index in [2.05, 4.69) is 21.6 Å². The lowest BCUT2D eigenvalue weighted by Gasteiger charge is -2.27. The number of carboxylic acid groups (broad SMARTS) is 1. The number of hydrogen-bond acceptors (Lipinski definition) is 5. The third-order valence-electron chi connectivity index (χ3n) is 3.70. The van der Waals surface area contributed by atoms with Gasteiger partial charge in [0.2, 0.25) is 10.0 Å². The van der Waals surface area contributed by atoms with Crippen LogP contribution < -0.4 is 4.72 Å². The Bertz CT molecular complexity index is 601. The molecule has 0 spiro atoms. The molecule has 2 heterocycles. The van der Waals surface area contributed by atoms with Gasteiger partial charge in [0.15, 0.2) is 0 Å². The number of rotatable bonds is 8. The fourth-order valence-electron chi connectivity index (χ4n) is 2.56. The van der Waals surface area contributed by atoms with Gasteiger partial charge in [-0.15, -0.1) is 0 Å². The van der Waals surface area contributed by atoms with E-state index in [1.807, 2.05) is 17.7 Å². The van der Waals surface area contributed by atoms with Crippen molar-refractivity contribution in [2.45, 2.75) is 52.7 Å². The lowest BCUT2D eigenvalue weighted by molar-refractivity contribution is -0.122. The number of carbonyl (C=O) groups is 1. The standard InChI is InChI=1S/C14H26N4O2S.CH2O2/c1-3-5-6-17-7-8-18-14(12-17)10-13(16-18)11-15-21(19,20)9-4-2;2-1-3/h10,15H,3-9,11-12H2,1-2H3;1H,(H,2,3). The van der Waals surface area contributed by atoms with Crippen molar-refractivity contribution in [2.75, 3.05) is 18.8 Å². The van der Waals surface area contributed by atoms with Crippen molar-refractivity contribution in [3.05, 3.63) is 17.5 Å². The van der Waals surface area contributed by atoms with E-state index in [1.165, 1.54) is 18.5 Å². The molecule has 1 aromatic rings. The monoisotopic (exact) mass is 360 g/mol. The summed E-state index contributed by atoms with van der Waals surface area (Å²) < 4.78 is 27.9. The summed E-state index contributed by atoms with van der Waals surface area (Å²) >= 11 is 0. The maximum Gasteiger partial charge on any atom is 0.290 e. The summed E-state index contributed by atoms with van der Waals surface area (Å²) in [5.74, 6) is 0.172. The molecule has 1 aliphatic rings. The molecular formula is C15H28N4O4S. The second kappa shape index (κ2) is 10.4. The van der Waals surface area contributed by atoms with E-state index in [4.69, 9.17) is 9.90 Å². The van der Waals surface area contributed by atoms with Crippen LogP contribution in [0, 0.1) is 0 Å². The number of aromatic nitrogens is 2. The van der Waals surface area contributed by atoms with E-state index in [9.17, 15) is 8.42 Å². The molecule has 0 aliphatic carbocycles. The molecular weight excluding hydrogens is 332 g/mol. The van der Waals surface area contributed by atoms with Gasteiger partial charge in [-0.1, -0.05) is 20.3 Å². The SMILES string of the molecule is CCCCN1CCn2nc(CNS(=O)(=O)CCC)cc2C1.O=CO. The highest BCUT2D eigenvalue weighted by molar-refractivity contribution is 7.89. The highest BCUT2D eigenvalue weighted by atomic mass is 32.2. The summed E-state index contributed by atoms with van der Waals surface area (Å²) in [5, 5.41) is 11.4. The lowest BCUT2D eigenvalue weighted by Crippen LogP contribution is -2.34. The molecule has 0 atom stereocenters.